The number of aliphatic carboxylic acids is 1. The second kappa shape index (κ2) is 8.63. The molecule has 1 rings (SSSR count). The molecule has 6 nitrogen and oxygen atoms in total. The first kappa shape index (κ1) is 18.3. The number of hydrogen-bond donors (Lipinski definition) is 2. The molecule has 1 unspecified atom stereocenters. The Kier molecular flexibility index (Phi) is 7.17. The average molecular weight is 374 g/mol. The second-order valence-electron chi connectivity index (χ2n) is 4.73. The van der Waals surface area contributed by atoms with Crippen molar-refractivity contribution in [3.63, 3.8) is 0 Å². The van der Waals surface area contributed by atoms with E-state index >= 15 is 0 Å². The Morgan fingerprint density at radius 2 is 1.82 bits per heavy atom. The second-order valence-corrected chi connectivity index (χ2v) is 5.52. The molecule has 1 aromatic carbocycles. The van der Waals surface area contributed by atoms with E-state index in [2.05, 4.69) is 21.2 Å². The number of ether oxygens (including phenoxy) is 2. The van der Waals surface area contributed by atoms with Crippen molar-refractivity contribution >= 4 is 27.8 Å². The van der Waals surface area contributed by atoms with Crippen LogP contribution in [0.2, 0.25) is 0 Å². The Bertz CT molecular complexity index is 522. The Labute approximate surface area is 137 Å². The van der Waals surface area contributed by atoms with Gasteiger partial charge in [0.15, 0.2) is 0 Å². The Morgan fingerprint density at radius 3 is 2.23 bits per heavy atom. The maximum Gasteiger partial charge on any atom is 0.308 e. The predicted octanol–water partition coefficient (Wildman–Crippen LogP) is 2.70. The van der Waals surface area contributed by atoms with E-state index in [-0.39, 0.29) is 12.5 Å². The smallest absolute Gasteiger partial charge is 0.308 e. The number of rotatable bonds is 8. The summed E-state index contributed by atoms with van der Waals surface area (Å²) < 4.78 is 11.0. The Morgan fingerprint density at radius 1 is 1.27 bits per heavy atom. The molecule has 0 radical (unpaired) electrons. The molecule has 7 heteroatoms. The number of benzene rings is 1. The van der Waals surface area contributed by atoms with E-state index in [0.717, 1.165) is 6.42 Å². The van der Waals surface area contributed by atoms with E-state index in [9.17, 15) is 9.59 Å². The van der Waals surface area contributed by atoms with Crippen molar-refractivity contribution < 1.29 is 24.2 Å². The fraction of sp³-hybridized carbons (Fsp3) is 0.467. The zero-order valence-corrected chi connectivity index (χ0v) is 14.4. The van der Waals surface area contributed by atoms with Crippen LogP contribution in [-0.4, -0.2) is 37.7 Å². The predicted molar refractivity (Wildman–Crippen MR) is 85.6 cm³/mol. The summed E-state index contributed by atoms with van der Waals surface area (Å²) in [7, 11) is 2.98. The average Bonchev–Trinajstić information content (AvgIpc) is 2.50. The van der Waals surface area contributed by atoms with E-state index in [1.807, 2.05) is 6.92 Å². The highest BCUT2D eigenvalue weighted by Crippen LogP contribution is 2.35. The third kappa shape index (κ3) is 4.62. The zero-order chi connectivity index (χ0) is 16.7. The summed E-state index contributed by atoms with van der Waals surface area (Å²) in [4.78, 5) is 23.3. The van der Waals surface area contributed by atoms with E-state index < -0.39 is 11.9 Å². The van der Waals surface area contributed by atoms with Gasteiger partial charge in [-0.1, -0.05) is 13.3 Å². The van der Waals surface area contributed by atoms with Gasteiger partial charge in [0.1, 0.15) is 16.0 Å². The highest BCUT2D eigenvalue weighted by molar-refractivity contribution is 9.10. The van der Waals surface area contributed by atoms with E-state index in [0.29, 0.717) is 28.0 Å². The van der Waals surface area contributed by atoms with Crippen LogP contribution in [0.1, 0.15) is 30.1 Å². The molecule has 0 spiro atoms. The van der Waals surface area contributed by atoms with Crippen LogP contribution in [0.3, 0.4) is 0 Å². The topological polar surface area (TPSA) is 84.9 Å². The maximum absolute atomic E-state index is 12.2. The van der Waals surface area contributed by atoms with Gasteiger partial charge in [0.2, 0.25) is 0 Å². The number of carbonyl (C=O) groups is 2. The summed E-state index contributed by atoms with van der Waals surface area (Å²) in [6.07, 6.45) is 1.26. The molecule has 0 saturated carbocycles. The van der Waals surface area contributed by atoms with Crippen LogP contribution in [0.5, 0.6) is 11.5 Å². The van der Waals surface area contributed by atoms with Crippen LogP contribution in [0.25, 0.3) is 0 Å². The quantitative estimate of drug-likeness (QED) is 0.731. The lowest BCUT2D eigenvalue weighted by Crippen LogP contribution is -2.33. The van der Waals surface area contributed by atoms with Crippen molar-refractivity contribution in [3.05, 3.63) is 22.2 Å². The van der Waals surface area contributed by atoms with Crippen molar-refractivity contribution in [2.45, 2.75) is 19.8 Å². The van der Waals surface area contributed by atoms with Crippen LogP contribution in [0.4, 0.5) is 0 Å². The van der Waals surface area contributed by atoms with Gasteiger partial charge < -0.3 is 19.9 Å². The number of halogens is 1. The third-order valence-corrected chi connectivity index (χ3v) is 3.98. The number of carboxylic acid groups (broad SMARTS) is 1. The van der Waals surface area contributed by atoms with Crippen molar-refractivity contribution in [2.24, 2.45) is 5.92 Å². The van der Waals surface area contributed by atoms with Gasteiger partial charge in [-0.2, -0.15) is 0 Å². The van der Waals surface area contributed by atoms with Gasteiger partial charge in [-0.3, -0.25) is 9.59 Å². The molecule has 0 heterocycles. The van der Waals surface area contributed by atoms with Gasteiger partial charge in [0, 0.05) is 12.1 Å². The molecule has 0 aliphatic carbocycles. The van der Waals surface area contributed by atoms with Gasteiger partial charge in [0.25, 0.3) is 5.91 Å². The van der Waals surface area contributed by atoms with Crippen molar-refractivity contribution in [1.82, 2.24) is 5.32 Å². The first-order valence-electron chi connectivity index (χ1n) is 6.87. The van der Waals surface area contributed by atoms with Crippen LogP contribution in [0.15, 0.2) is 16.6 Å². The molecule has 0 aliphatic rings. The lowest BCUT2D eigenvalue weighted by Gasteiger charge is -2.14. The van der Waals surface area contributed by atoms with E-state index in [4.69, 9.17) is 14.6 Å². The normalized spacial score (nSPS) is 11.6. The van der Waals surface area contributed by atoms with Crippen LogP contribution in [-0.2, 0) is 4.79 Å². The van der Waals surface area contributed by atoms with Crippen LogP contribution < -0.4 is 14.8 Å². The zero-order valence-electron chi connectivity index (χ0n) is 12.8. The molecule has 22 heavy (non-hydrogen) atoms. The molecule has 0 aliphatic heterocycles. The lowest BCUT2D eigenvalue weighted by molar-refractivity contribution is -0.141. The fourth-order valence-corrected chi connectivity index (χ4v) is 2.53. The number of carboxylic acids is 1. The summed E-state index contributed by atoms with van der Waals surface area (Å²) >= 11 is 3.33. The van der Waals surface area contributed by atoms with E-state index in [1.54, 1.807) is 12.1 Å². The molecule has 1 atom stereocenters. The van der Waals surface area contributed by atoms with Crippen LogP contribution in [0, 0.1) is 5.92 Å². The molecule has 0 aromatic heterocycles. The lowest BCUT2D eigenvalue weighted by atomic mass is 10.0. The molecule has 122 valence electrons. The minimum atomic E-state index is -0.909. The number of amides is 1. The Hall–Kier alpha value is -1.76. The number of nitrogens with one attached hydrogen (secondary N) is 1. The van der Waals surface area contributed by atoms with Crippen LogP contribution >= 0.6 is 15.9 Å². The monoisotopic (exact) mass is 373 g/mol. The fourth-order valence-electron chi connectivity index (χ4n) is 1.98. The first-order valence-corrected chi connectivity index (χ1v) is 7.66. The summed E-state index contributed by atoms with van der Waals surface area (Å²) in [5.41, 5.74) is 0.345. The molecule has 0 fully saturated rings. The summed E-state index contributed by atoms with van der Waals surface area (Å²) in [5.74, 6) is -0.937. The molecule has 1 amide bonds. The van der Waals surface area contributed by atoms with Crippen molar-refractivity contribution in [2.75, 3.05) is 20.8 Å². The Balaban J connectivity index is 2.87. The molecule has 0 saturated heterocycles. The van der Waals surface area contributed by atoms with Crippen molar-refractivity contribution in [1.29, 1.82) is 0 Å². The molecule has 1 aromatic rings. The van der Waals surface area contributed by atoms with Gasteiger partial charge in [-0.15, -0.1) is 0 Å². The van der Waals surface area contributed by atoms with Gasteiger partial charge >= 0.3 is 5.97 Å². The molecule has 2 N–H and O–H groups in total. The first-order chi connectivity index (χ1) is 10.4. The highest BCUT2D eigenvalue weighted by atomic mass is 79.9. The highest BCUT2D eigenvalue weighted by Gasteiger charge is 2.19. The summed E-state index contributed by atoms with van der Waals surface area (Å²) in [5, 5.41) is 11.7. The number of hydrogen-bond acceptors (Lipinski definition) is 4. The number of carbonyl (C=O) groups excluding carboxylic acids is 1. The summed E-state index contributed by atoms with van der Waals surface area (Å²) in [6, 6.07) is 3.13. The maximum atomic E-state index is 12.2. The molecular formula is C15H20BrNO5. The van der Waals surface area contributed by atoms with Gasteiger partial charge in [-0.25, -0.2) is 0 Å². The number of methoxy groups -OCH3 is 2. The summed E-state index contributed by atoms with van der Waals surface area (Å²) in [6.45, 7) is 1.99. The minimum Gasteiger partial charge on any atom is -0.495 e. The van der Waals surface area contributed by atoms with E-state index in [1.165, 1.54) is 14.2 Å². The molecular weight excluding hydrogens is 354 g/mol. The largest absolute Gasteiger partial charge is 0.495 e. The minimum absolute atomic E-state index is 0.0860. The SMILES string of the molecule is CCCC(CNC(=O)c1cc(OC)c(Br)c(OC)c1)C(=O)O. The third-order valence-electron chi connectivity index (χ3n) is 3.20. The van der Waals surface area contributed by atoms with Gasteiger partial charge in [0.05, 0.1) is 20.1 Å². The molecule has 0 bridgehead atoms. The van der Waals surface area contributed by atoms with Crippen molar-refractivity contribution in [3.8, 4) is 11.5 Å². The van der Waals surface area contributed by atoms with Gasteiger partial charge in [-0.05, 0) is 34.5 Å². The standard InChI is InChI=1S/C15H20BrNO5/c1-4-5-9(15(19)20)8-17-14(18)10-6-11(21-2)13(16)12(7-10)22-3/h6-7,9H,4-5,8H2,1-3H3,(H,17,18)(H,19,20).